The van der Waals surface area contributed by atoms with Gasteiger partial charge in [-0.05, 0) is 53.8 Å². The minimum atomic E-state index is -0.295. The maximum atomic E-state index is 13.4. The molecule has 0 spiro atoms. The number of phenolic OH excluding ortho intramolecular Hbond substituents is 1. The monoisotopic (exact) mass is 416 g/mol. The Balaban J connectivity index is 1.62. The highest BCUT2D eigenvalue weighted by molar-refractivity contribution is 6.31. The molecular formula is C25H21ClN2O2. The summed E-state index contributed by atoms with van der Waals surface area (Å²) in [5.41, 5.74) is 5.49. The standard InChI is InChI=1S/C25H21ClN2O2/c26-19-6-2-1-5-18(19)16-13-22-24(23(30)14-16)25(15-9-11-17(29)12-10-15)28-21-8-4-3-7-20(21)27-22/h1-12,16,25,27-29H,13-14H2/t16-,25-/m1/s1. The summed E-state index contributed by atoms with van der Waals surface area (Å²) in [5.74, 6) is 0.337. The van der Waals surface area contributed by atoms with E-state index in [0.717, 1.165) is 33.8 Å². The number of carbonyl (C=O) groups is 1. The van der Waals surface area contributed by atoms with Gasteiger partial charge in [-0.2, -0.15) is 0 Å². The average molecular weight is 417 g/mol. The first-order chi connectivity index (χ1) is 14.6. The van der Waals surface area contributed by atoms with Crippen molar-refractivity contribution < 1.29 is 9.90 Å². The van der Waals surface area contributed by atoms with Gasteiger partial charge in [0.25, 0.3) is 0 Å². The van der Waals surface area contributed by atoms with E-state index in [2.05, 4.69) is 10.6 Å². The molecule has 3 aromatic carbocycles. The molecule has 0 radical (unpaired) electrons. The summed E-state index contributed by atoms with van der Waals surface area (Å²) in [4.78, 5) is 13.4. The number of phenols is 1. The zero-order valence-electron chi connectivity index (χ0n) is 16.2. The van der Waals surface area contributed by atoms with E-state index in [1.54, 1.807) is 12.1 Å². The van der Waals surface area contributed by atoms with Gasteiger partial charge in [-0.3, -0.25) is 4.79 Å². The third-order valence-corrected chi connectivity index (χ3v) is 6.22. The van der Waals surface area contributed by atoms with E-state index in [9.17, 15) is 9.90 Å². The Bertz CT molecular complexity index is 1150. The molecule has 0 fully saturated rings. The maximum absolute atomic E-state index is 13.4. The molecule has 1 aliphatic heterocycles. The average Bonchev–Trinajstić information content (AvgIpc) is 2.91. The molecule has 0 amide bonds. The number of carbonyl (C=O) groups excluding carboxylic acids is 1. The van der Waals surface area contributed by atoms with Gasteiger partial charge in [0, 0.05) is 22.7 Å². The summed E-state index contributed by atoms with van der Waals surface area (Å²) in [7, 11) is 0. The van der Waals surface area contributed by atoms with Gasteiger partial charge in [0.15, 0.2) is 5.78 Å². The highest BCUT2D eigenvalue weighted by Gasteiger charge is 2.36. The second-order valence-electron chi connectivity index (χ2n) is 7.78. The number of halogens is 1. The second-order valence-corrected chi connectivity index (χ2v) is 8.19. The number of anilines is 2. The van der Waals surface area contributed by atoms with Crippen molar-refractivity contribution in [1.29, 1.82) is 0 Å². The first-order valence-electron chi connectivity index (χ1n) is 10.0. The van der Waals surface area contributed by atoms with Gasteiger partial charge in [0.1, 0.15) is 5.75 Å². The van der Waals surface area contributed by atoms with Crippen LogP contribution in [-0.4, -0.2) is 10.9 Å². The molecule has 3 aromatic rings. The smallest absolute Gasteiger partial charge is 0.163 e. The SMILES string of the molecule is O=C1C[C@H](c2ccccc2Cl)CC2=C1[C@@H](c1ccc(O)cc1)Nc1ccccc1N2. The number of benzene rings is 3. The van der Waals surface area contributed by atoms with Crippen LogP contribution in [0.1, 0.15) is 35.9 Å². The molecule has 150 valence electrons. The quantitative estimate of drug-likeness (QED) is 0.477. The van der Waals surface area contributed by atoms with Crippen LogP contribution in [-0.2, 0) is 4.79 Å². The minimum absolute atomic E-state index is 0.0307. The Kier molecular flexibility index (Phi) is 4.72. The van der Waals surface area contributed by atoms with Crippen molar-refractivity contribution in [2.24, 2.45) is 0 Å². The lowest BCUT2D eigenvalue weighted by atomic mass is 9.78. The van der Waals surface area contributed by atoms with Crippen molar-refractivity contribution in [1.82, 2.24) is 0 Å². The highest BCUT2D eigenvalue weighted by Crippen LogP contribution is 2.45. The van der Waals surface area contributed by atoms with Gasteiger partial charge in [-0.1, -0.05) is 54.1 Å². The first-order valence-corrected chi connectivity index (χ1v) is 10.4. The normalized spacial score (nSPS) is 20.5. The van der Waals surface area contributed by atoms with Crippen molar-refractivity contribution >= 4 is 28.8 Å². The van der Waals surface area contributed by atoms with Crippen LogP contribution >= 0.6 is 11.6 Å². The van der Waals surface area contributed by atoms with E-state index < -0.39 is 0 Å². The van der Waals surface area contributed by atoms with E-state index in [-0.39, 0.29) is 23.5 Å². The first kappa shape index (κ1) is 18.8. The van der Waals surface area contributed by atoms with Gasteiger partial charge in [0.2, 0.25) is 0 Å². The minimum Gasteiger partial charge on any atom is -0.508 e. The van der Waals surface area contributed by atoms with Crippen LogP contribution < -0.4 is 10.6 Å². The molecular weight excluding hydrogens is 396 g/mol. The molecule has 3 N–H and O–H groups in total. The predicted molar refractivity (Wildman–Crippen MR) is 120 cm³/mol. The van der Waals surface area contributed by atoms with Gasteiger partial charge < -0.3 is 15.7 Å². The van der Waals surface area contributed by atoms with Crippen LogP contribution in [0, 0.1) is 0 Å². The van der Waals surface area contributed by atoms with E-state index in [4.69, 9.17) is 11.6 Å². The van der Waals surface area contributed by atoms with Crippen molar-refractivity contribution in [3.63, 3.8) is 0 Å². The molecule has 1 aliphatic carbocycles. The maximum Gasteiger partial charge on any atom is 0.163 e. The van der Waals surface area contributed by atoms with Crippen molar-refractivity contribution in [2.45, 2.75) is 24.8 Å². The van der Waals surface area contributed by atoms with Crippen LogP contribution in [0.2, 0.25) is 5.02 Å². The lowest BCUT2D eigenvalue weighted by molar-refractivity contribution is -0.116. The van der Waals surface area contributed by atoms with Crippen molar-refractivity contribution in [2.75, 3.05) is 10.6 Å². The number of rotatable bonds is 2. The second kappa shape index (κ2) is 7.54. The fourth-order valence-corrected chi connectivity index (χ4v) is 4.73. The number of para-hydroxylation sites is 2. The number of hydrogen-bond donors (Lipinski definition) is 3. The molecule has 0 saturated heterocycles. The van der Waals surface area contributed by atoms with Crippen LogP contribution in [0.25, 0.3) is 0 Å². The number of fused-ring (bicyclic) bond motifs is 1. The van der Waals surface area contributed by atoms with Gasteiger partial charge >= 0.3 is 0 Å². The van der Waals surface area contributed by atoms with E-state index in [1.807, 2.05) is 60.7 Å². The molecule has 1 heterocycles. The molecule has 5 rings (SSSR count). The summed E-state index contributed by atoms with van der Waals surface area (Å²) >= 11 is 6.45. The lowest BCUT2D eigenvalue weighted by Crippen LogP contribution is -2.27. The van der Waals surface area contributed by atoms with E-state index >= 15 is 0 Å². The fraction of sp³-hybridized carbons (Fsp3) is 0.160. The van der Waals surface area contributed by atoms with Crippen LogP contribution in [0.15, 0.2) is 84.1 Å². The lowest BCUT2D eigenvalue weighted by Gasteiger charge is -2.30. The topological polar surface area (TPSA) is 61.4 Å². The summed E-state index contributed by atoms with van der Waals surface area (Å²) in [6.45, 7) is 0. The van der Waals surface area contributed by atoms with E-state index in [0.29, 0.717) is 17.9 Å². The number of hydrogen-bond acceptors (Lipinski definition) is 4. The Hall–Kier alpha value is -3.24. The Morgan fingerprint density at radius 3 is 2.33 bits per heavy atom. The summed E-state index contributed by atoms with van der Waals surface area (Å²) in [6, 6.07) is 22.5. The Morgan fingerprint density at radius 2 is 1.57 bits per heavy atom. The molecule has 4 nitrogen and oxygen atoms in total. The van der Waals surface area contributed by atoms with Crippen molar-refractivity contribution in [3.8, 4) is 5.75 Å². The van der Waals surface area contributed by atoms with Gasteiger partial charge in [0.05, 0.1) is 17.4 Å². The number of ketones is 1. The van der Waals surface area contributed by atoms with Crippen LogP contribution in [0.5, 0.6) is 5.75 Å². The number of allylic oxidation sites excluding steroid dienone is 1. The number of aromatic hydroxyl groups is 1. The molecule has 0 aromatic heterocycles. The third-order valence-electron chi connectivity index (χ3n) is 5.88. The Labute approximate surface area is 180 Å². The summed E-state index contributed by atoms with van der Waals surface area (Å²) in [6.07, 6.45) is 1.12. The van der Waals surface area contributed by atoms with Crippen molar-refractivity contribution in [3.05, 3.63) is 100 Å². The highest BCUT2D eigenvalue weighted by atomic mass is 35.5. The molecule has 5 heteroatoms. The Morgan fingerprint density at radius 1 is 0.867 bits per heavy atom. The summed E-state index contributed by atoms with van der Waals surface area (Å²) < 4.78 is 0. The van der Waals surface area contributed by atoms with E-state index in [1.165, 1.54) is 0 Å². The number of Topliss-reactive ketones (excluding diaryl/α,β-unsaturated/α-hetero) is 1. The zero-order chi connectivity index (χ0) is 20.7. The largest absolute Gasteiger partial charge is 0.508 e. The fourth-order valence-electron chi connectivity index (χ4n) is 4.44. The van der Waals surface area contributed by atoms with Crippen LogP contribution in [0.3, 0.4) is 0 Å². The molecule has 0 bridgehead atoms. The third kappa shape index (κ3) is 3.33. The zero-order valence-corrected chi connectivity index (χ0v) is 17.0. The molecule has 0 saturated carbocycles. The molecule has 30 heavy (non-hydrogen) atoms. The van der Waals surface area contributed by atoms with Gasteiger partial charge in [-0.25, -0.2) is 0 Å². The van der Waals surface area contributed by atoms with Crippen LogP contribution in [0.4, 0.5) is 11.4 Å². The number of nitrogens with one attached hydrogen (secondary N) is 2. The molecule has 2 aliphatic rings. The molecule has 2 atom stereocenters. The predicted octanol–water partition coefficient (Wildman–Crippen LogP) is 6.03. The van der Waals surface area contributed by atoms with Gasteiger partial charge in [-0.15, -0.1) is 0 Å². The summed E-state index contributed by atoms with van der Waals surface area (Å²) in [5, 5.41) is 17.5. The molecule has 0 unspecified atom stereocenters.